The van der Waals surface area contributed by atoms with Gasteiger partial charge < -0.3 is 4.90 Å². The number of hydrogen-bond donors (Lipinski definition) is 0. The molecule has 1 nitrogen and oxygen atoms in total. The van der Waals surface area contributed by atoms with E-state index in [1.165, 1.54) is 4.90 Å². The van der Waals surface area contributed by atoms with Crippen LogP contribution < -0.4 is 4.90 Å². The second-order valence-corrected chi connectivity index (χ2v) is 3.96. The minimum atomic E-state index is -5.28. The molecule has 108 valence electrons. The summed E-state index contributed by atoms with van der Waals surface area (Å²) in [5.74, 6) is -5.69. The van der Waals surface area contributed by atoms with E-state index in [0.29, 0.717) is 12.5 Å². The number of benzene rings is 1. The van der Waals surface area contributed by atoms with Gasteiger partial charge in [0.05, 0.1) is 5.69 Å². The van der Waals surface area contributed by atoms with Crippen molar-refractivity contribution in [3.8, 4) is 0 Å². The van der Waals surface area contributed by atoms with E-state index < -0.39 is 34.9 Å². The maximum atomic E-state index is 13.8. The molecule has 0 amide bonds. The van der Waals surface area contributed by atoms with Gasteiger partial charge in [0.2, 0.25) is 0 Å². The molecule has 1 rings (SSSR count). The smallest absolute Gasteiger partial charge is 0.369 e. The Bertz CT molecular complexity index is 455. The van der Waals surface area contributed by atoms with Crippen LogP contribution in [0, 0.1) is 17.5 Å². The lowest BCUT2D eigenvalue weighted by atomic mass is 10.1. The zero-order valence-electron chi connectivity index (χ0n) is 10.4. The van der Waals surface area contributed by atoms with Crippen molar-refractivity contribution in [2.45, 2.75) is 26.4 Å². The monoisotopic (exact) mass is 285 g/mol. The van der Waals surface area contributed by atoms with E-state index in [2.05, 4.69) is 0 Å². The minimum Gasteiger partial charge on any atom is -0.369 e. The Hall–Kier alpha value is -1.40. The van der Waals surface area contributed by atoms with Crippen LogP contribution in [-0.4, -0.2) is 13.1 Å². The standard InChI is InChI=1S/C12H13F6N/c1-3-5-19(4-2)8-6-7(13)10(14)9(11(8)15)12(16,17)18/h6H,3-5H2,1-2H3. The SMILES string of the molecule is CCCN(CC)c1cc(F)c(F)c(C(F)(F)F)c1F. The lowest BCUT2D eigenvalue weighted by molar-refractivity contribution is -0.142. The average molecular weight is 285 g/mol. The lowest BCUT2D eigenvalue weighted by Crippen LogP contribution is -2.26. The third kappa shape index (κ3) is 3.13. The Morgan fingerprint density at radius 1 is 1.05 bits per heavy atom. The highest BCUT2D eigenvalue weighted by molar-refractivity contribution is 5.52. The maximum Gasteiger partial charge on any atom is 0.422 e. The Morgan fingerprint density at radius 2 is 1.63 bits per heavy atom. The molecular weight excluding hydrogens is 272 g/mol. The van der Waals surface area contributed by atoms with Crippen molar-refractivity contribution in [3.05, 3.63) is 29.1 Å². The fraction of sp³-hybridized carbons (Fsp3) is 0.500. The first-order chi connectivity index (χ1) is 8.73. The van der Waals surface area contributed by atoms with Crippen molar-refractivity contribution < 1.29 is 26.3 Å². The molecule has 1 aromatic carbocycles. The Balaban J connectivity index is 3.47. The fourth-order valence-corrected chi connectivity index (χ4v) is 1.79. The number of hydrogen-bond acceptors (Lipinski definition) is 1. The van der Waals surface area contributed by atoms with Crippen molar-refractivity contribution in [2.75, 3.05) is 18.0 Å². The highest BCUT2D eigenvalue weighted by atomic mass is 19.4. The zero-order chi connectivity index (χ0) is 14.8. The predicted molar refractivity (Wildman–Crippen MR) is 59.5 cm³/mol. The summed E-state index contributed by atoms with van der Waals surface area (Å²) in [6, 6.07) is 0.457. The molecule has 0 heterocycles. The number of alkyl halides is 3. The van der Waals surface area contributed by atoms with Crippen LogP contribution in [0.1, 0.15) is 25.8 Å². The third-order valence-electron chi connectivity index (χ3n) is 2.64. The van der Waals surface area contributed by atoms with E-state index in [-0.39, 0.29) is 13.1 Å². The third-order valence-corrected chi connectivity index (χ3v) is 2.64. The van der Waals surface area contributed by atoms with E-state index in [4.69, 9.17) is 0 Å². The van der Waals surface area contributed by atoms with Gasteiger partial charge in [0.15, 0.2) is 17.5 Å². The van der Waals surface area contributed by atoms with Gasteiger partial charge in [0.1, 0.15) is 5.56 Å². The van der Waals surface area contributed by atoms with Gasteiger partial charge in [-0.1, -0.05) is 6.92 Å². The van der Waals surface area contributed by atoms with Gasteiger partial charge in [0.25, 0.3) is 0 Å². The average Bonchev–Trinajstić information content (AvgIpc) is 2.29. The molecule has 0 N–H and O–H groups in total. The Morgan fingerprint density at radius 3 is 2.05 bits per heavy atom. The van der Waals surface area contributed by atoms with Crippen LogP contribution in [0.25, 0.3) is 0 Å². The molecular formula is C12H13F6N. The molecule has 0 saturated carbocycles. The van der Waals surface area contributed by atoms with Gasteiger partial charge in [-0.2, -0.15) is 13.2 Å². The fourth-order valence-electron chi connectivity index (χ4n) is 1.79. The summed E-state index contributed by atoms with van der Waals surface area (Å²) < 4.78 is 77.8. The maximum absolute atomic E-state index is 13.8. The topological polar surface area (TPSA) is 3.24 Å². The summed E-state index contributed by atoms with van der Waals surface area (Å²) in [7, 11) is 0. The van der Waals surface area contributed by atoms with Crippen LogP contribution >= 0.6 is 0 Å². The molecule has 0 unspecified atom stereocenters. The molecule has 0 radical (unpaired) electrons. The molecule has 0 aliphatic rings. The minimum absolute atomic E-state index is 0.188. The highest BCUT2D eigenvalue weighted by Gasteiger charge is 2.40. The van der Waals surface area contributed by atoms with Crippen LogP contribution in [0.5, 0.6) is 0 Å². The molecule has 0 fully saturated rings. The van der Waals surface area contributed by atoms with Crippen molar-refractivity contribution in [1.29, 1.82) is 0 Å². The summed E-state index contributed by atoms with van der Waals surface area (Å²) in [5.41, 5.74) is -2.76. The normalized spacial score (nSPS) is 11.8. The predicted octanol–water partition coefficient (Wildman–Crippen LogP) is 4.36. The van der Waals surface area contributed by atoms with Crippen LogP contribution in [0.15, 0.2) is 6.07 Å². The number of nitrogens with zero attached hydrogens (tertiary/aromatic N) is 1. The summed E-state index contributed by atoms with van der Waals surface area (Å²) in [6.45, 7) is 3.76. The molecule has 0 bridgehead atoms. The second kappa shape index (κ2) is 5.71. The molecule has 0 saturated heterocycles. The molecule has 1 aromatic rings. The first-order valence-electron chi connectivity index (χ1n) is 5.73. The molecule has 0 atom stereocenters. The van der Waals surface area contributed by atoms with E-state index >= 15 is 0 Å². The summed E-state index contributed by atoms with van der Waals surface area (Å²) >= 11 is 0. The van der Waals surface area contributed by atoms with Gasteiger partial charge in [-0.25, -0.2) is 13.2 Å². The Kier molecular flexibility index (Phi) is 4.70. The number of rotatable bonds is 4. The van der Waals surface area contributed by atoms with E-state index in [9.17, 15) is 26.3 Å². The van der Waals surface area contributed by atoms with E-state index in [0.717, 1.165) is 0 Å². The molecule has 7 heteroatoms. The van der Waals surface area contributed by atoms with E-state index in [1.807, 2.05) is 0 Å². The number of anilines is 1. The lowest BCUT2D eigenvalue weighted by Gasteiger charge is -2.24. The zero-order valence-corrected chi connectivity index (χ0v) is 10.4. The van der Waals surface area contributed by atoms with Crippen molar-refractivity contribution in [3.63, 3.8) is 0 Å². The van der Waals surface area contributed by atoms with Gasteiger partial charge in [-0.05, 0) is 13.3 Å². The Labute approximate surface area is 106 Å². The molecule has 0 aliphatic heterocycles. The highest BCUT2D eigenvalue weighted by Crippen LogP contribution is 2.38. The van der Waals surface area contributed by atoms with Gasteiger partial charge >= 0.3 is 6.18 Å². The molecule has 0 aromatic heterocycles. The van der Waals surface area contributed by atoms with Crippen molar-refractivity contribution in [2.24, 2.45) is 0 Å². The number of halogens is 6. The van der Waals surface area contributed by atoms with Crippen molar-refractivity contribution >= 4 is 5.69 Å². The largest absolute Gasteiger partial charge is 0.422 e. The summed E-state index contributed by atoms with van der Waals surface area (Å²) in [5, 5.41) is 0. The van der Waals surface area contributed by atoms with Gasteiger partial charge in [-0.3, -0.25) is 0 Å². The summed E-state index contributed by atoms with van der Waals surface area (Å²) in [6.07, 6.45) is -4.75. The van der Waals surface area contributed by atoms with E-state index in [1.54, 1.807) is 13.8 Å². The first-order valence-corrected chi connectivity index (χ1v) is 5.73. The second-order valence-electron chi connectivity index (χ2n) is 3.96. The van der Waals surface area contributed by atoms with Crippen molar-refractivity contribution in [1.82, 2.24) is 0 Å². The molecule has 19 heavy (non-hydrogen) atoms. The van der Waals surface area contributed by atoms with Crippen LogP contribution in [0.3, 0.4) is 0 Å². The molecule has 0 aliphatic carbocycles. The van der Waals surface area contributed by atoms with Crippen LogP contribution in [0.2, 0.25) is 0 Å². The molecule has 0 spiro atoms. The van der Waals surface area contributed by atoms with Crippen LogP contribution in [0.4, 0.5) is 32.0 Å². The quantitative estimate of drug-likeness (QED) is 0.587. The first kappa shape index (κ1) is 15.7. The van der Waals surface area contributed by atoms with Gasteiger partial charge in [-0.15, -0.1) is 0 Å². The van der Waals surface area contributed by atoms with Crippen LogP contribution in [-0.2, 0) is 6.18 Å². The summed E-state index contributed by atoms with van der Waals surface area (Å²) in [4.78, 5) is 1.23. The van der Waals surface area contributed by atoms with Gasteiger partial charge in [0, 0.05) is 19.2 Å².